The van der Waals surface area contributed by atoms with Gasteiger partial charge in [-0.25, -0.2) is 4.72 Å². The van der Waals surface area contributed by atoms with E-state index >= 15 is 0 Å². The smallest absolute Gasteiger partial charge is 0.274 e. The van der Waals surface area contributed by atoms with Crippen molar-refractivity contribution in [1.82, 2.24) is 4.72 Å². The van der Waals surface area contributed by atoms with E-state index in [2.05, 4.69) is 17.3 Å². The van der Waals surface area contributed by atoms with Gasteiger partial charge in [0, 0.05) is 17.1 Å². The van der Waals surface area contributed by atoms with Gasteiger partial charge < -0.3 is 0 Å². The van der Waals surface area contributed by atoms with Gasteiger partial charge in [0.1, 0.15) is 0 Å². The molecule has 0 heterocycles. The third-order valence-electron chi connectivity index (χ3n) is 0.565. The minimum Gasteiger partial charge on any atom is -0.274 e. The van der Waals surface area contributed by atoms with E-state index in [1.54, 1.807) is 4.72 Å². The van der Waals surface area contributed by atoms with E-state index in [4.69, 9.17) is 0 Å². The Morgan fingerprint density at radius 3 is 2.50 bits per heavy atom. The molecule has 1 amide bonds. The van der Waals surface area contributed by atoms with E-state index in [-0.39, 0.29) is 6.42 Å². The van der Waals surface area contributed by atoms with Crippen molar-refractivity contribution in [2.45, 2.75) is 6.42 Å². The standard InChI is InChI=1S/C4H6ClNO3S/c1-2-3-4(7)6-10(5,8)9/h2H,1,3H2,(H,6,7). The summed E-state index contributed by atoms with van der Waals surface area (Å²) < 4.78 is 21.8. The van der Waals surface area contributed by atoms with Crippen LogP contribution in [-0.4, -0.2) is 14.3 Å². The second-order valence-corrected chi connectivity index (χ2v) is 3.75. The average molecular weight is 184 g/mol. The summed E-state index contributed by atoms with van der Waals surface area (Å²) in [5.41, 5.74) is 0. The Hall–Kier alpha value is -0.550. The predicted molar refractivity (Wildman–Crippen MR) is 37.7 cm³/mol. The number of nitrogens with one attached hydrogen (secondary N) is 1. The van der Waals surface area contributed by atoms with Gasteiger partial charge in [0.15, 0.2) is 0 Å². The van der Waals surface area contributed by atoms with E-state index < -0.39 is 15.1 Å². The van der Waals surface area contributed by atoms with Gasteiger partial charge in [0.2, 0.25) is 5.91 Å². The van der Waals surface area contributed by atoms with Gasteiger partial charge in [-0.15, -0.1) is 6.58 Å². The van der Waals surface area contributed by atoms with E-state index in [1.165, 1.54) is 6.08 Å². The van der Waals surface area contributed by atoms with Crippen molar-refractivity contribution in [2.75, 3.05) is 0 Å². The van der Waals surface area contributed by atoms with Crippen LogP contribution in [0.3, 0.4) is 0 Å². The highest BCUT2D eigenvalue weighted by atomic mass is 35.7. The summed E-state index contributed by atoms with van der Waals surface area (Å²) in [5.74, 6) is -0.690. The summed E-state index contributed by atoms with van der Waals surface area (Å²) >= 11 is 0. The molecule has 0 aliphatic heterocycles. The van der Waals surface area contributed by atoms with Gasteiger partial charge >= 0.3 is 9.24 Å². The average Bonchev–Trinajstić information content (AvgIpc) is 1.59. The second kappa shape index (κ2) is 3.58. The quantitative estimate of drug-likeness (QED) is 0.501. The Labute approximate surface area is 63.4 Å². The molecule has 0 unspecified atom stereocenters. The third-order valence-corrected chi connectivity index (χ3v) is 1.27. The number of hydrogen-bond acceptors (Lipinski definition) is 3. The Morgan fingerprint density at radius 1 is 1.70 bits per heavy atom. The molecule has 0 aliphatic rings. The number of carbonyl (C=O) groups is 1. The van der Waals surface area contributed by atoms with Crippen molar-refractivity contribution >= 4 is 25.8 Å². The molecule has 0 fully saturated rings. The molecule has 6 heteroatoms. The molecule has 0 spiro atoms. The maximum absolute atomic E-state index is 10.4. The lowest BCUT2D eigenvalue weighted by molar-refractivity contribution is -0.118. The van der Waals surface area contributed by atoms with Crippen LogP contribution in [0.2, 0.25) is 0 Å². The summed E-state index contributed by atoms with van der Waals surface area (Å²) in [4.78, 5) is 10.4. The van der Waals surface area contributed by atoms with Gasteiger partial charge in [-0.05, 0) is 0 Å². The highest BCUT2D eigenvalue weighted by Gasteiger charge is 2.07. The molecule has 0 radical (unpaired) electrons. The highest BCUT2D eigenvalue weighted by Crippen LogP contribution is 1.90. The van der Waals surface area contributed by atoms with Crippen molar-refractivity contribution in [3.8, 4) is 0 Å². The molecule has 1 N–H and O–H groups in total. The van der Waals surface area contributed by atoms with Crippen molar-refractivity contribution in [1.29, 1.82) is 0 Å². The molecule has 0 aromatic rings. The maximum atomic E-state index is 10.4. The zero-order valence-corrected chi connectivity index (χ0v) is 6.57. The first-order chi connectivity index (χ1) is 4.45. The topological polar surface area (TPSA) is 63.2 Å². The monoisotopic (exact) mass is 183 g/mol. The molecule has 4 nitrogen and oxygen atoms in total. The Kier molecular flexibility index (Phi) is 3.38. The van der Waals surface area contributed by atoms with Crippen LogP contribution in [0.1, 0.15) is 6.42 Å². The molecule has 58 valence electrons. The van der Waals surface area contributed by atoms with Crippen LogP contribution in [0.4, 0.5) is 0 Å². The van der Waals surface area contributed by atoms with Crippen LogP contribution < -0.4 is 4.72 Å². The largest absolute Gasteiger partial charge is 0.321 e. The van der Waals surface area contributed by atoms with E-state index in [0.717, 1.165) is 0 Å². The molecule has 0 aromatic heterocycles. The zero-order chi connectivity index (χ0) is 8.20. The van der Waals surface area contributed by atoms with Crippen LogP contribution in [0.5, 0.6) is 0 Å². The lowest BCUT2D eigenvalue weighted by Gasteiger charge is -1.94. The summed E-state index contributed by atoms with van der Waals surface area (Å²) in [7, 11) is 0.749. The number of hydrogen-bond donors (Lipinski definition) is 1. The number of rotatable bonds is 3. The molecule has 0 saturated carbocycles. The first kappa shape index (κ1) is 9.45. The fraction of sp³-hybridized carbons (Fsp3) is 0.250. The van der Waals surface area contributed by atoms with Gasteiger partial charge in [0.25, 0.3) is 0 Å². The molecule has 10 heavy (non-hydrogen) atoms. The van der Waals surface area contributed by atoms with E-state index in [0.29, 0.717) is 0 Å². The lowest BCUT2D eigenvalue weighted by atomic mass is 10.4. The SMILES string of the molecule is C=CCC(=O)NS(=O)(=O)Cl. The Balaban J connectivity index is 3.93. The van der Waals surface area contributed by atoms with Crippen LogP contribution in [0, 0.1) is 0 Å². The maximum Gasteiger partial charge on any atom is 0.321 e. The van der Waals surface area contributed by atoms with E-state index in [9.17, 15) is 13.2 Å². The second-order valence-electron chi connectivity index (χ2n) is 1.46. The molecule has 0 aliphatic carbocycles. The minimum atomic E-state index is -3.92. The summed E-state index contributed by atoms with van der Waals surface area (Å²) in [6.07, 6.45) is 1.21. The first-order valence-corrected chi connectivity index (χ1v) is 4.63. The van der Waals surface area contributed by atoms with Gasteiger partial charge in [0.05, 0.1) is 0 Å². The van der Waals surface area contributed by atoms with Crippen molar-refractivity contribution < 1.29 is 13.2 Å². The fourth-order valence-electron chi connectivity index (χ4n) is 0.309. The number of halogens is 1. The van der Waals surface area contributed by atoms with Crippen molar-refractivity contribution in [3.05, 3.63) is 12.7 Å². The van der Waals surface area contributed by atoms with Crippen LogP contribution >= 0.6 is 10.7 Å². The van der Waals surface area contributed by atoms with Crippen LogP contribution in [0.25, 0.3) is 0 Å². The van der Waals surface area contributed by atoms with Crippen molar-refractivity contribution in [3.63, 3.8) is 0 Å². The molecule has 0 saturated heterocycles. The molecule has 0 rings (SSSR count). The molecule has 0 aromatic carbocycles. The Bertz CT molecular complexity index is 233. The minimum absolute atomic E-state index is 0.0635. The number of amides is 1. The zero-order valence-electron chi connectivity index (χ0n) is 5.00. The summed E-state index contributed by atoms with van der Waals surface area (Å²) in [6, 6.07) is 0. The van der Waals surface area contributed by atoms with E-state index in [1.807, 2.05) is 0 Å². The highest BCUT2D eigenvalue weighted by molar-refractivity contribution is 8.12. The molecule has 0 bridgehead atoms. The molecular formula is C4H6ClNO3S. The summed E-state index contributed by atoms with van der Waals surface area (Å²) in [5, 5.41) is 0. The third kappa shape index (κ3) is 5.58. The van der Waals surface area contributed by atoms with Crippen LogP contribution in [0.15, 0.2) is 12.7 Å². The normalized spacial score (nSPS) is 10.5. The summed E-state index contributed by atoms with van der Waals surface area (Å²) in [6.45, 7) is 3.23. The predicted octanol–water partition coefficient (Wildman–Crippen LogP) is 0.162. The fourth-order valence-corrected chi connectivity index (χ4v) is 0.922. The lowest BCUT2D eigenvalue weighted by Crippen LogP contribution is -2.25. The first-order valence-electron chi connectivity index (χ1n) is 2.32. The molecular weight excluding hydrogens is 178 g/mol. The number of carbonyl (C=O) groups excluding carboxylic acids is 1. The Morgan fingerprint density at radius 2 is 2.20 bits per heavy atom. The van der Waals surface area contributed by atoms with Crippen molar-refractivity contribution in [2.24, 2.45) is 0 Å². The molecule has 0 atom stereocenters. The van der Waals surface area contributed by atoms with Gasteiger partial charge in [-0.2, -0.15) is 8.42 Å². The van der Waals surface area contributed by atoms with Gasteiger partial charge in [-0.3, -0.25) is 4.79 Å². The van der Waals surface area contributed by atoms with Gasteiger partial charge in [-0.1, -0.05) is 6.08 Å². The van der Waals surface area contributed by atoms with Crippen LogP contribution in [-0.2, 0) is 14.0 Å².